The summed E-state index contributed by atoms with van der Waals surface area (Å²) >= 11 is 9.96. The number of fused-ring (bicyclic) bond motifs is 1. The van der Waals surface area contributed by atoms with Crippen LogP contribution in [0, 0.1) is 0 Å². The van der Waals surface area contributed by atoms with Crippen molar-refractivity contribution in [2.75, 3.05) is 11.9 Å². The minimum Gasteiger partial charge on any atom is -0.324 e. The molecule has 0 unspecified atom stereocenters. The summed E-state index contributed by atoms with van der Waals surface area (Å²) in [6.45, 7) is -0.121. The van der Waals surface area contributed by atoms with Gasteiger partial charge < -0.3 is 5.32 Å². The molecule has 1 fully saturated rings. The molecule has 0 atom stereocenters. The Kier molecular flexibility index (Phi) is 5.80. The zero-order chi connectivity index (χ0) is 20.4. The summed E-state index contributed by atoms with van der Waals surface area (Å²) in [5.41, 5.74) is 1.60. The molecule has 144 valence electrons. The van der Waals surface area contributed by atoms with E-state index in [9.17, 15) is 9.59 Å². The van der Waals surface area contributed by atoms with Crippen LogP contribution in [0.2, 0.25) is 0 Å². The van der Waals surface area contributed by atoms with E-state index in [-0.39, 0.29) is 18.4 Å². The zero-order valence-electron chi connectivity index (χ0n) is 15.1. The second kappa shape index (κ2) is 8.49. The number of hydrogen-bond donors (Lipinski definition) is 1. The number of hydrogen-bond acceptors (Lipinski definition) is 4. The van der Waals surface area contributed by atoms with Gasteiger partial charge in [0.15, 0.2) is 0 Å². The second-order valence-electron chi connectivity index (χ2n) is 6.40. The Bertz CT molecular complexity index is 1170. The number of nitrogens with one attached hydrogen (secondary N) is 1. The third-order valence-electron chi connectivity index (χ3n) is 4.39. The Hall–Kier alpha value is -2.48. The van der Waals surface area contributed by atoms with E-state index in [1.807, 2.05) is 66.7 Å². The number of nitrogens with zero attached hydrogens (tertiary/aromatic N) is 1. The summed E-state index contributed by atoms with van der Waals surface area (Å²) in [5, 5.41) is 4.88. The average molecular weight is 483 g/mol. The fourth-order valence-corrected chi connectivity index (χ4v) is 4.72. The van der Waals surface area contributed by atoms with Crippen molar-refractivity contribution >= 4 is 78.6 Å². The SMILES string of the molecule is O=C(CN1C(=O)/C(=C/c2cccc(Br)c2)SC1=S)Nc1cccc2ccccc12. The number of amides is 2. The van der Waals surface area contributed by atoms with E-state index in [1.54, 1.807) is 6.08 Å². The summed E-state index contributed by atoms with van der Waals surface area (Å²) in [6.07, 6.45) is 1.78. The fourth-order valence-electron chi connectivity index (χ4n) is 3.05. The molecule has 1 N–H and O–H groups in total. The Balaban J connectivity index is 1.49. The van der Waals surface area contributed by atoms with Crippen molar-refractivity contribution in [3.8, 4) is 0 Å². The number of benzene rings is 3. The zero-order valence-corrected chi connectivity index (χ0v) is 18.3. The lowest BCUT2D eigenvalue weighted by Gasteiger charge is -2.15. The highest BCUT2D eigenvalue weighted by Crippen LogP contribution is 2.33. The molecule has 0 aromatic heterocycles. The van der Waals surface area contributed by atoms with Gasteiger partial charge >= 0.3 is 0 Å². The number of carbonyl (C=O) groups is 2. The molecule has 0 aliphatic carbocycles. The molecule has 1 heterocycles. The van der Waals surface area contributed by atoms with Crippen molar-refractivity contribution in [2.45, 2.75) is 0 Å². The van der Waals surface area contributed by atoms with Crippen LogP contribution in [0.3, 0.4) is 0 Å². The van der Waals surface area contributed by atoms with Crippen molar-refractivity contribution in [1.29, 1.82) is 0 Å². The maximum atomic E-state index is 12.8. The Morgan fingerprint density at radius 3 is 2.69 bits per heavy atom. The smallest absolute Gasteiger partial charge is 0.266 e. The van der Waals surface area contributed by atoms with Crippen molar-refractivity contribution in [3.63, 3.8) is 0 Å². The standard InChI is InChI=1S/C22H15BrN2O2S2/c23-16-8-3-5-14(11-16)12-19-21(27)25(22(28)29-19)13-20(26)24-18-10-4-7-15-6-1-2-9-17(15)18/h1-12H,13H2,(H,24,26)/b19-12-. The maximum Gasteiger partial charge on any atom is 0.266 e. The molecule has 29 heavy (non-hydrogen) atoms. The van der Waals surface area contributed by atoms with Crippen LogP contribution in [0.5, 0.6) is 0 Å². The Labute approximate surface area is 186 Å². The van der Waals surface area contributed by atoms with E-state index in [2.05, 4.69) is 21.2 Å². The molecule has 2 amide bonds. The predicted octanol–water partition coefficient (Wildman–Crippen LogP) is 5.44. The molecule has 4 nitrogen and oxygen atoms in total. The van der Waals surface area contributed by atoms with E-state index in [4.69, 9.17) is 12.2 Å². The van der Waals surface area contributed by atoms with Gasteiger partial charge in [0.25, 0.3) is 5.91 Å². The minimum atomic E-state index is -0.290. The van der Waals surface area contributed by atoms with Gasteiger partial charge in [-0.25, -0.2) is 0 Å². The van der Waals surface area contributed by atoms with E-state index in [0.717, 1.165) is 20.8 Å². The first-order valence-corrected chi connectivity index (χ1v) is 10.8. The van der Waals surface area contributed by atoms with Gasteiger partial charge in [0.1, 0.15) is 10.9 Å². The topological polar surface area (TPSA) is 49.4 Å². The van der Waals surface area contributed by atoms with Crippen LogP contribution in [0.1, 0.15) is 5.56 Å². The van der Waals surface area contributed by atoms with Gasteiger partial charge in [-0.1, -0.05) is 88.4 Å². The summed E-state index contributed by atoms with van der Waals surface area (Å²) in [7, 11) is 0. The van der Waals surface area contributed by atoms with Gasteiger partial charge in [-0.05, 0) is 35.2 Å². The van der Waals surface area contributed by atoms with Crippen LogP contribution in [0.25, 0.3) is 16.8 Å². The fraction of sp³-hybridized carbons (Fsp3) is 0.0455. The molecule has 1 saturated heterocycles. The highest BCUT2D eigenvalue weighted by atomic mass is 79.9. The molecule has 3 aromatic carbocycles. The highest BCUT2D eigenvalue weighted by molar-refractivity contribution is 9.10. The van der Waals surface area contributed by atoms with Crippen LogP contribution in [0.15, 0.2) is 76.1 Å². The number of thioether (sulfide) groups is 1. The molecule has 1 aliphatic heterocycles. The number of anilines is 1. The lowest BCUT2D eigenvalue weighted by atomic mass is 10.1. The lowest BCUT2D eigenvalue weighted by molar-refractivity contribution is -0.126. The molecule has 0 bridgehead atoms. The molecule has 3 aromatic rings. The molecule has 0 saturated carbocycles. The van der Waals surface area contributed by atoms with Crippen LogP contribution < -0.4 is 5.32 Å². The van der Waals surface area contributed by atoms with Crippen LogP contribution >= 0.6 is 39.9 Å². The lowest BCUT2D eigenvalue weighted by Crippen LogP contribution is -2.36. The molecular weight excluding hydrogens is 468 g/mol. The summed E-state index contributed by atoms with van der Waals surface area (Å²) in [6, 6.07) is 21.2. The van der Waals surface area contributed by atoms with Crippen molar-refractivity contribution in [1.82, 2.24) is 4.90 Å². The Morgan fingerprint density at radius 2 is 1.86 bits per heavy atom. The number of rotatable bonds is 4. The van der Waals surface area contributed by atoms with Crippen molar-refractivity contribution < 1.29 is 9.59 Å². The van der Waals surface area contributed by atoms with Gasteiger partial charge in [-0.15, -0.1) is 0 Å². The average Bonchev–Trinajstić information content (AvgIpc) is 2.96. The number of halogens is 1. The third kappa shape index (κ3) is 4.42. The summed E-state index contributed by atoms with van der Waals surface area (Å²) < 4.78 is 1.31. The maximum absolute atomic E-state index is 12.8. The molecular formula is C22H15BrN2O2S2. The molecule has 0 spiro atoms. The van der Waals surface area contributed by atoms with E-state index >= 15 is 0 Å². The quantitative estimate of drug-likeness (QED) is 0.397. The Morgan fingerprint density at radius 1 is 1.10 bits per heavy atom. The molecule has 1 aliphatic rings. The van der Waals surface area contributed by atoms with Gasteiger partial charge in [0.05, 0.1) is 4.91 Å². The highest BCUT2D eigenvalue weighted by Gasteiger charge is 2.33. The summed E-state index contributed by atoms with van der Waals surface area (Å²) in [5.74, 6) is -0.547. The van der Waals surface area contributed by atoms with E-state index < -0.39 is 0 Å². The second-order valence-corrected chi connectivity index (χ2v) is 8.99. The van der Waals surface area contributed by atoms with E-state index in [1.165, 1.54) is 16.7 Å². The number of carbonyl (C=O) groups excluding carboxylic acids is 2. The summed E-state index contributed by atoms with van der Waals surface area (Å²) in [4.78, 5) is 27.2. The van der Waals surface area contributed by atoms with Gasteiger partial charge in [0, 0.05) is 15.5 Å². The first-order valence-electron chi connectivity index (χ1n) is 8.80. The van der Waals surface area contributed by atoms with Gasteiger partial charge in [-0.2, -0.15) is 0 Å². The van der Waals surface area contributed by atoms with Gasteiger partial charge in [0.2, 0.25) is 5.91 Å². The largest absolute Gasteiger partial charge is 0.324 e. The molecule has 7 heteroatoms. The first-order chi connectivity index (χ1) is 14.0. The van der Waals surface area contributed by atoms with Crippen LogP contribution in [0.4, 0.5) is 5.69 Å². The predicted molar refractivity (Wildman–Crippen MR) is 127 cm³/mol. The van der Waals surface area contributed by atoms with Crippen molar-refractivity contribution in [3.05, 3.63) is 81.7 Å². The first kappa shape index (κ1) is 19.8. The molecule has 0 radical (unpaired) electrons. The van der Waals surface area contributed by atoms with Crippen LogP contribution in [-0.4, -0.2) is 27.6 Å². The van der Waals surface area contributed by atoms with Gasteiger partial charge in [-0.3, -0.25) is 14.5 Å². The minimum absolute atomic E-state index is 0.121. The molecule has 4 rings (SSSR count). The number of thiocarbonyl (C=S) groups is 1. The normalized spacial score (nSPS) is 15.3. The van der Waals surface area contributed by atoms with Crippen molar-refractivity contribution in [2.24, 2.45) is 0 Å². The third-order valence-corrected chi connectivity index (χ3v) is 6.26. The van der Waals surface area contributed by atoms with Crippen LogP contribution in [-0.2, 0) is 9.59 Å². The van der Waals surface area contributed by atoms with E-state index in [0.29, 0.717) is 14.9 Å². The monoisotopic (exact) mass is 482 g/mol.